The molecule has 100 valence electrons. The maximum Gasteiger partial charge on any atom is 0.279 e. The molecule has 0 fully saturated rings. The SMILES string of the molecule is Cc1nn(C)c(=O)c(C(=O)NCc2cn[nH]c2)c1C. The van der Waals surface area contributed by atoms with Crippen molar-refractivity contribution in [2.45, 2.75) is 20.4 Å². The quantitative estimate of drug-likeness (QED) is 0.816. The Morgan fingerprint density at radius 3 is 2.84 bits per heavy atom. The first-order valence-electron chi connectivity index (χ1n) is 5.81. The van der Waals surface area contributed by atoms with Crippen LogP contribution in [0.1, 0.15) is 27.2 Å². The summed E-state index contributed by atoms with van der Waals surface area (Å²) in [4.78, 5) is 24.1. The number of H-pyrrole nitrogens is 1. The summed E-state index contributed by atoms with van der Waals surface area (Å²) in [6, 6.07) is 0. The lowest BCUT2D eigenvalue weighted by Crippen LogP contribution is -2.34. The first-order valence-corrected chi connectivity index (χ1v) is 5.81. The smallest absolute Gasteiger partial charge is 0.279 e. The molecule has 0 spiro atoms. The van der Waals surface area contributed by atoms with Crippen LogP contribution in [0.15, 0.2) is 17.2 Å². The van der Waals surface area contributed by atoms with Gasteiger partial charge in [-0.15, -0.1) is 0 Å². The molecule has 1 amide bonds. The highest BCUT2D eigenvalue weighted by Crippen LogP contribution is 2.06. The van der Waals surface area contributed by atoms with Crippen molar-refractivity contribution in [1.82, 2.24) is 25.3 Å². The van der Waals surface area contributed by atoms with Gasteiger partial charge in [-0.05, 0) is 19.4 Å². The van der Waals surface area contributed by atoms with E-state index in [0.717, 1.165) is 5.56 Å². The van der Waals surface area contributed by atoms with Crippen molar-refractivity contribution in [3.05, 3.63) is 45.1 Å². The Bertz CT molecular complexity index is 657. The average molecular weight is 261 g/mol. The fraction of sp³-hybridized carbons (Fsp3) is 0.333. The highest BCUT2D eigenvalue weighted by Gasteiger charge is 2.17. The minimum Gasteiger partial charge on any atom is -0.348 e. The summed E-state index contributed by atoms with van der Waals surface area (Å²) in [6.07, 6.45) is 3.30. The number of amides is 1. The summed E-state index contributed by atoms with van der Waals surface area (Å²) in [5, 5.41) is 13.2. The van der Waals surface area contributed by atoms with E-state index >= 15 is 0 Å². The van der Waals surface area contributed by atoms with Crippen LogP contribution < -0.4 is 10.9 Å². The number of rotatable bonds is 3. The molecule has 0 aliphatic rings. The third-order valence-electron chi connectivity index (χ3n) is 2.96. The molecular formula is C12H15N5O2. The number of hydrogen-bond donors (Lipinski definition) is 2. The van der Waals surface area contributed by atoms with Crippen LogP contribution in [0.2, 0.25) is 0 Å². The minimum atomic E-state index is -0.398. The summed E-state index contributed by atoms with van der Waals surface area (Å²) in [5.74, 6) is -0.398. The number of aromatic amines is 1. The first kappa shape index (κ1) is 13.0. The van der Waals surface area contributed by atoms with Gasteiger partial charge in [0.15, 0.2) is 0 Å². The van der Waals surface area contributed by atoms with Gasteiger partial charge in [-0.25, -0.2) is 4.68 Å². The van der Waals surface area contributed by atoms with E-state index in [9.17, 15) is 9.59 Å². The second kappa shape index (κ2) is 5.05. The topological polar surface area (TPSA) is 92.7 Å². The van der Waals surface area contributed by atoms with Gasteiger partial charge in [-0.3, -0.25) is 14.7 Å². The summed E-state index contributed by atoms with van der Waals surface area (Å²) < 4.78 is 1.18. The predicted octanol–water partition coefficient (Wildman–Crippen LogP) is 0.0502. The Balaban J connectivity index is 2.26. The number of nitrogens with one attached hydrogen (secondary N) is 2. The summed E-state index contributed by atoms with van der Waals surface area (Å²) in [7, 11) is 1.53. The normalized spacial score (nSPS) is 10.5. The van der Waals surface area contributed by atoms with Gasteiger partial charge in [0.05, 0.1) is 11.9 Å². The van der Waals surface area contributed by atoms with Crippen molar-refractivity contribution in [3.63, 3.8) is 0 Å². The molecule has 0 bridgehead atoms. The van der Waals surface area contributed by atoms with Crippen LogP contribution in [0, 0.1) is 13.8 Å². The standard InChI is InChI=1S/C12H15N5O2/c1-7-8(2)16-17(3)12(19)10(7)11(18)13-4-9-5-14-15-6-9/h5-6H,4H2,1-3H3,(H,13,18)(H,14,15). The van der Waals surface area contributed by atoms with E-state index < -0.39 is 11.5 Å². The van der Waals surface area contributed by atoms with E-state index in [1.54, 1.807) is 26.2 Å². The van der Waals surface area contributed by atoms with E-state index in [1.807, 2.05) is 0 Å². The predicted molar refractivity (Wildman–Crippen MR) is 68.7 cm³/mol. The van der Waals surface area contributed by atoms with Gasteiger partial charge in [0.25, 0.3) is 11.5 Å². The number of nitrogens with zero attached hydrogens (tertiary/aromatic N) is 3. The fourth-order valence-electron chi connectivity index (χ4n) is 1.76. The largest absolute Gasteiger partial charge is 0.348 e. The molecule has 2 aromatic rings. The molecular weight excluding hydrogens is 246 g/mol. The van der Waals surface area contributed by atoms with Crippen molar-refractivity contribution in [2.24, 2.45) is 7.05 Å². The van der Waals surface area contributed by atoms with Gasteiger partial charge >= 0.3 is 0 Å². The third-order valence-corrected chi connectivity index (χ3v) is 2.96. The summed E-state index contributed by atoms with van der Waals surface area (Å²) in [6.45, 7) is 3.80. The van der Waals surface area contributed by atoms with Gasteiger partial charge in [-0.2, -0.15) is 10.2 Å². The molecule has 0 aliphatic carbocycles. The number of aryl methyl sites for hydroxylation is 2. The first-order chi connectivity index (χ1) is 9.00. The Morgan fingerprint density at radius 2 is 2.21 bits per heavy atom. The van der Waals surface area contributed by atoms with Crippen LogP contribution in [-0.4, -0.2) is 25.9 Å². The lowest BCUT2D eigenvalue weighted by Gasteiger charge is -2.09. The Morgan fingerprint density at radius 1 is 1.47 bits per heavy atom. The van der Waals surface area contributed by atoms with E-state index in [0.29, 0.717) is 17.8 Å². The van der Waals surface area contributed by atoms with Crippen molar-refractivity contribution in [3.8, 4) is 0 Å². The molecule has 2 aromatic heterocycles. The van der Waals surface area contributed by atoms with Crippen molar-refractivity contribution >= 4 is 5.91 Å². The number of hydrogen-bond acceptors (Lipinski definition) is 4. The Labute approximate surface area is 109 Å². The van der Waals surface area contributed by atoms with Crippen molar-refractivity contribution < 1.29 is 4.79 Å². The molecule has 0 atom stereocenters. The molecule has 2 N–H and O–H groups in total. The lowest BCUT2D eigenvalue weighted by molar-refractivity contribution is 0.0947. The van der Waals surface area contributed by atoms with E-state index in [1.165, 1.54) is 11.7 Å². The lowest BCUT2D eigenvalue weighted by atomic mass is 10.1. The number of aromatic nitrogens is 4. The number of carbonyl (C=O) groups excluding carboxylic acids is 1. The zero-order chi connectivity index (χ0) is 14.0. The molecule has 0 aliphatic heterocycles. The van der Waals surface area contributed by atoms with Crippen LogP contribution in [0.5, 0.6) is 0 Å². The Hall–Kier alpha value is -2.44. The zero-order valence-electron chi connectivity index (χ0n) is 11.0. The van der Waals surface area contributed by atoms with E-state index in [4.69, 9.17) is 0 Å². The second-order valence-corrected chi connectivity index (χ2v) is 4.30. The molecule has 7 nitrogen and oxygen atoms in total. The van der Waals surface area contributed by atoms with Gasteiger partial charge in [0, 0.05) is 25.4 Å². The Kier molecular flexibility index (Phi) is 3.46. The molecule has 0 radical (unpaired) electrons. The molecule has 2 rings (SSSR count). The summed E-state index contributed by atoms with van der Waals surface area (Å²) in [5.41, 5.74) is 1.85. The zero-order valence-corrected chi connectivity index (χ0v) is 11.0. The maximum atomic E-state index is 12.1. The van der Waals surface area contributed by atoms with Gasteiger partial charge < -0.3 is 5.32 Å². The molecule has 19 heavy (non-hydrogen) atoms. The third kappa shape index (κ3) is 2.54. The molecule has 0 aromatic carbocycles. The van der Waals surface area contributed by atoms with Crippen LogP contribution in [0.4, 0.5) is 0 Å². The fourth-order valence-corrected chi connectivity index (χ4v) is 1.76. The van der Waals surface area contributed by atoms with Crippen LogP contribution in [0.3, 0.4) is 0 Å². The number of carbonyl (C=O) groups is 1. The highest BCUT2D eigenvalue weighted by molar-refractivity contribution is 5.95. The molecule has 7 heteroatoms. The van der Waals surface area contributed by atoms with Crippen molar-refractivity contribution in [1.29, 1.82) is 0 Å². The maximum absolute atomic E-state index is 12.1. The van der Waals surface area contributed by atoms with E-state index in [-0.39, 0.29) is 5.56 Å². The molecule has 0 unspecified atom stereocenters. The van der Waals surface area contributed by atoms with Crippen LogP contribution in [-0.2, 0) is 13.6 Å². The molecule has 0 saturated carbocycles. The average Bonchev–Trinajstić information content (AvgIpc) is 2.87. The van der Waals surface area contributed by atoms with Crippen LogP contribution >= 0.6 is 0 Å². The minimum absolute atomic E-state index is 0.137. The van der Waals surface area contributed by atoms with Crippen LogP contribution in [0.25, 0.3) is 0 Å². The summed E-state index contributed by atoms with van der Waals surface area (Å²) >= 11 is 0. The van der Waals surface area contributed by atoms with E-state index in [2.05, 4.69) is 20.6 Å². The van der Waals surface area contributed by atoms with Crippen molar-refractivity contribution in [2.75, 3.05) is 0 Å². The second-order valence-electron chi connectivity index (χ2n) is 4.30. The van der Waals surface area contributed by atoms with Gasteiger partial charge in [0.2, 0.25) is 0 Å². The van der Waals surface area contributed by atoms with Gasteiger partial charge in [-0.1, -0.05) is 0 Å². The molecule has 2 heterocycles. The highest BCUT2D eigenvalue weighted by atomic mass is 16.2. The van der Waals surface area contributed by atoms with Gasteiger partial charge in [0.1, 0.15) is 5.56 Å². The molecule has 0 saturated heterocycles. The monoisotopic (exact) mass is 261 g/mol.